The van der Waals surface area contributed by atoms with Gasteiger partial charge in [-0.3, -0.25) is 4.79 Å². The molecule has 1 aromatic heterocycles. The summed E-state index contributed by atoms with van der Waals surface area (Å²) in [4.78, 5) is 14.0. The minimum absolute atomic E-state index is 0.139. The van der Waals surface area contributed by atoms with Crippen molar-refractivity contribution in [1.29, 1.82) is 0 Å². The highest BCUT2D eigenvalue weighted by Gasteiger charge is 2.25. The molecule has 0 spiro atoms. The van der Waals surface area contributed by atoms with Crippen LogP contribution in [0.15, 0.2) is 29.2 Å². The van der Waals surface area contributed by atoms with Crippen molar-refractivity contribution in [3.63, 3.8) is 0 Å². The van der Waals surface area contributed by atoms with E-state index in [0.717, 1.165) is 44.0 Å². The van der Waals surface area contributed by atoms with Gasteiger partial charge in [-0.2, -0.15) is 5.10 Å². The number of hydrogen-bond donors (Lipinski definition) is 1. The van der Waals surface area contributed by atoms with Gasteiger partial charge in [0.2, 0.25) is 0 Å². The maximum atomic E-state index is 11.8. The second-order valence-electron chi connectivity index (χ2n) is 6.76. The zero-order valence-electron chi connectivity index (χ0n) is 14.5. The average Bonchev–Trinajstić information content (AvgIpc) is 3.07. The van der Waals surface area contributed by atoms with Crippen molar-refractivity contribution in [3.8, 4) is 5.75 Å². The number of aromatic nitrogens is 2. The van der Waals surface area contributed by atoms with Gasteiger partial charge in [-0.15, -0.1) is 0 Å². The molecule has 0 saturated carbocycles. The van der Waals surface area contributed by atoms with Crippen LogP contribution in [0.1, 0.15) is 36.0 Å². The second-order valence-corrected chi connectivity index (χ2v) is 6.76. The largest absolute Gasteiger partial charge is 0.491 e. The van der Waals surface area contributed by atoms with Gasteiger partial charge < -0.3 is 14.4 Å². The SMILES string of the molecule is Cc1c(N2Cc3cccc(OCC4CCCCO4)c3C2)cn[nH]c1=O. The van der Waals surface area contributed by atoms with E-state index >= 15 is 0 Å². The molecule has 0 aliphatic carbocycles. The molecule has 1 saturated heterocycles. The lowest BCUT2D eigenvalue weighted by atomic mass is 10.1. The summed E-state index contributed by atoms with van der Waals surface area (Å²) in [6, 6.07) is 6.17. The Bertz CT molecular complexity index is 812. The minimum atomic E-state index is -0.139. The van der Waals surface area contributed by atoms with Crippen LogP contribution in [-0.2, 0) is 17.8 Å². The second kappa shape index (κ2) is 6.88. The topological polar surface area (TPSA) is 67.5 Å². The Morgan fingerprint density at radius 3 is 3.12 bits per heavy atom. The van der Waals surface area contributed by atoms with Crippen LogP contribution in [-0.4, -0.2) is 29.5 Å². The molecule has 0 amide bonds. The molecule has 4 rings (SSSR count). The first-order valence-electron chi connectivity index (χ1n) is 8.87. The zero-order valence-corrected chi connectivity index (χ0v) is 14.5. The molecule has 2 aromatic rings. The van der Waals surface area contributed by atoms with Crippen LogP contribution >= 0.6 is 0 Å². The maximum absolute atomic E-state index is 11.8. The first-order chi connectivity index (χ1) is 12.2. The summed E-state index contributed by atoms with van der Waals surface area (Å²) in [6.07, 6.45) is 5.35. The van der Waals surface area contributed by atoms with Crippen molar-refractivity contribution in [1.82, 2.24) is 10.2 Å². The molecule has 1 fully saturated rings. The Morgan fingerprint density at radius 2 is 2.28 bits per heavy atom. The third-order valence-electron chi connectivity index (χ3n) is 5.06. The molecule has 132 valence electrons. The van der Waals surface area contributed by atoms with Gasteiger partial charge in [0.05, 0.1) is 18.0 Å². The van der Waals surface area contributed by atoms with E-state index in [1.165, 1.54) is 17.5 Å². The van der Waals surface area contributed by atoms with Crippen LogP contribution in [0.5, 0.6) is 5.75 Å². The van der Waals surface area contributed by atoms with E-state index in [9.17, 15) is 4.79 Å². The maximum Gasteiger partial charge on any atom is 0.269 e. The van der Waals surface area contributed by atoms with Crippen LogP contribution in [0.3, 0.4) is 0 Å². The van der Waals surface area contributed by atoms with E-state index in [1.54, 1.807) is 6.20 Å². The van der Waals surface area contributed by atoms with Crippen molar-refractivity contribution < 1.29 is 9.47 Å². The summed E-state index contributed by atoms with van der Waals surface area (Å²) in [6.45, 7) is 4.75. The van der Waals surface area contributed by atoms with E-state index in [-0.39, 0.29) is 11.7 Å². The van der Waals surface area contributed by atoms with Crippen LogP contribution in [0.4, 0.5) is 5.69 Å². The fraction of sp³-hybridized carbons (Fsp3) is 0.474. The van der Waals surface area contributed by atoms with Gasteiger partial charge in [0, 0.05) is 30.8 Å². The molecule has 1 unspecified atom stereocenters. The number of rotatable bonds is 4. The number of aromatic amines is 1. The highest BCUT2D eigenvalue weighted by atomic mass is 16.5. The van der Waals surface area contributed by atoms with E-state index in [2.05, 4.69) is 21.2 Å². The van der Waals surface area contributed by atoms with E-state index in [4.69, 9.17) is 9.47 Å². The number of anilines is 1. The van der Waals surface area contributed by atoms with Gasteiger partial charge >= 0.3 is 0 Å². The number of benzene rings is 1. The molecule has 0 bridgehead atoms. The van der Waals surface area contributed by atoms with Crippen molar-refractivity contribution in [2.75, 3.05) is 18.1 Å². The standard InChI is InChI=1S/C19H23N3O3/c1-13-17(9-20-21-19(13)23)22-10-14-5-4-7-18(16(14)11-22)25-12-15-6-2-3-8-24-15/h4-5,7,9,15H,2-3,6,8,10-12H2,1H3,(H,21,23). The molecular formula is C19H23N3O3. The van der Waals surface area contributed by atoms with Crippen LogP contribution in [0, 0.1) is 6.92 Å². The molecule has 1 atom stereocenters. The smallest absolute Gasteiger partial charge is 0.269 e. The van der Waals surface area contributed by atoms with E-state index < -0.39 is 0 Å². The summed E-state index contributed by atoms with van der Waals surface area (Å²) in [7, 11) is 0. The molecule has 6 heteroatoms. The Hall–Kier alpha value is -2.34. The molecule has 1 N–H and O–H groups in total. The van der Waals surface area contributed by atoms with Gasteiger partial charge in [0.15, 0.2) is 0 Å². The number of H-pyrrole nitrogens is 1. The molecule has 0 radical (unpaired) electrons. The molecule has 1 aromatic carbocycles. The summed E-state index contributed by atoms with van der Waals surface area (Å²) in [5, 5.41) is 6.43. The summed E-state index contributed by atoms with van der Waals surface area (Å²) in [5.74, 6) is 0.921. The normalized spacial score (nSPS) is 19.7. The van der Waals surface area contributed by atoms with Crippen molar-refractivity contribution in [2.45, 2.75) is 45.4 Å². The Labute approximate surface area is 146 Å². The lowest BCUT2D eigenvalue weighted by molar-refractivity contribution is -0.0112. The first kappa shape index (κ1) is 16.1. The Balaban J connectivity index is 1.51. The first-order valence-corrected chi connectivity index (χ1v) is 8.87. The summed E-state index contributed by atoms with van der Waals surface area (Å²) < 4.78 is 11.8. The van der Waals surface area contributed by atoms with Gasteiger partial charge in [-0.25, -0.2) is 5.10 Å². The van der Waals surface area contributed by atoms with Crippen LogP contribution < -0.4 is 15.2 Å². The van der Waals surface area contributed by atoms with Crippen molar-refractivity contribution in [3.05, 3.63) is 51.4 Å². The quantitative estimate of drug-likeness (QED) is 0.926. The average molecular weight is 341 g/mol. The fourth-order valence-electron chi connectivity index (χ4n) is 3.59. The highest BCUT2D eigenvalue weighted by molar-refractivity contribution is 5.57. The van der Waals surface area contributed by atoms with Crippen molar-refractivity contribution >= 4 is 5.69 Å². The third-order valence-corrected chi connectivity index (χ3v) is 5.06. The Kier molecular flexibility index (Phi) is 4.44. The molecule has 2 aliphatic heterocycles. The Morgan fingerprint density at radius 1 is 1.36 bits per heavy atom. The molecule has 6 nitrogen and oxygen atoms in total. The lowest BCUT2D eigenvalue weighted by Gasteiger charge is -2.23. The zero-order chi connectivity index (χ0) is 17.2. The van der Waals surface area contributed by atoms with E-state index in [0.29, 0.717) is 12.2 Å². The minimum Gasteiger partial charge on any atom is -0.491 e. The molecule has 2 aliphatic rings. The van der Waals surface area contributed by atoms with Gasteiger partial charge in [-0.05, 0) is 37.8 Å². The number of fused-ring (bicyclic) bond motifs is 1. The number of hydrogen-bond acceptors (Lipinski definition) is 5. The van der Waals surface area contributed by atoms with Crippen LogP contribution in [0.25, 0.3) is 0 Å². The fourth-order valence-corrected chi connectivity index (χ4v) is 3.59. The van der Waals surface area contributed by atoms with Gasteiger partial charge in [0.1, 0.15) is 12.4 Å². The predicted molar refractivity (Wildman–Crippen MR) is 95.0 cm³/mol. The summed E-state index contributed by atoms with van der Waals surface area (Å²) >= 11 is 0. The van der Waals surface area contributed by atoms with Crippen LogP contribution in [0.2, 0.25) is 0 Å². The molecule has 3 heterocycles. The van der Waals surface area contributed by atoms with E-state index in [1.807, 2.05) is 19.1 Å². The molecular weight excluding hydrogens is 318 g/mol. The lowest BCUT2D eigenvalue weighted by Crippen LogP contribution is -2.26. The number of nitrogens with one attached hydrogen (secondary N) is 1. The monoisotopic (exact) mass is 341 g/mol. The predicted octanol–water partition coefficient (Wildman–Crippen LogP) is 2.55. The van der Waals surface area contributed by atoms with Crippen molar-refractivity contribution in [2.24, 2.45) is 0 Å². The summed E-state index contributed by atoms with van der Waals surface area (Å²) in [5.41, 5.74) is 3.86. The number of ether oxygens (including phenoxy) is 2. The third kappa shape index (κ3) is 3.26. The highest BCUT2D eigenvalue weighted by Crippen LogP contribution is 2.34. The number of nitrogens with zero attached hydrogens (tertiary/aromatic N) is 2. The van der Waals surface area contributed by atoms with Gasteiger partial charge in [-0.1, -0.05) is 12.1 Å². The molecule has 25 heavy (non-hydrogen) atoms. The van der Waals surface area contributed by atoms with Gasteiger partial charge in [0.25, 0.3) is 5.56 Å².